The molecule has 1 aliphatic rings. The number of hydrogen-bond donors (Lipinski definition) is 2. The minimum atomic E-state index is 0.784. The Kier molecular flexibility index (Phi) is 4.23. The number of anilines is 2. The normalized spacial score (nSPS) is 17.4. The number of piperazine rings is 1. The Morgan fingerprint density at radius 2 is 1.76 bits per heavy atom. The summed E-state index contributed by atoms with van der Waals surface area (Å²) in [6.07, 6.45) is 1.09. The van der Waals surface area contributed by atoms with Gasteiger partial charge in [-0.2, -0.15) is 0 Å². The van der Waals surface area contributed by atoms with Crippen molar-refractivity contribution in [3.05, 3.63) is 24.3 Å². The first kappa shape index (κ1) is 12.2. The quantitative estimate of drug-likeness (QED) is 0.754. The molecule has 4 heteroatoms. The number of rotatable bonds is 4. The SMILES string of the molecule is NCCCN1CCN(c2ccccc2N)CC1. The minimum absolute atomic E-state index is 0.784. The summed E-state index contributed by atoms with van der Waals surface area (Å²) in [6.45, 7) is 6.22. The Morgan fingerprint density at radius 1 is 1.06 bits per heavy atom. The van der Waals surface area contributed by atoms with E-state index in [1.165, 1.54) is 5.69 Å². The molecule has 17 heavy (non-hydrogen) atoms. The van der Waals surface area contributed by atoms with Crippen LogP contribution in [0.25, 0.3) is 0 Å². The minimum Gasteiger partial charge on any atom is -0.397 e. The molecule has 0 atom stereocenters. The topological polar surface area (TPSA) is 58.5 Å². The molecule has 1 saturated heterocycles. The van der Waals surface area contributed by atoms with Crippen molar-refractivity contribution in [3.63, 3.8) is 0 Å². The van der Waals surface area contributed by atoms with Gasteiger partial charge in [-0.1, -0.05) is 12.1 Å². The van der Waals surface area contributed by atoms with Crippen LogP contribution in [0.1, 0.15) is 6.42 Å². The van der Waals surface area contributed by atoms with E-state index < -0.39 is 0 Å². The van der Waals surface area contributed by atoms with Gasteiger partial charge in [0.05, 0.1) is 11.4 Å². The molecule has 0 radical (unpaired) electrons. The number of hydrogen-bond acceptors (Lipinski definition) is 4. The monoisotopic (exact) mass is 234 g/mol. The first-order valence-electron chi connectivity index (χ1n) is 6.33. The standard InChI is InChI=1S/C13H22N4/c14-6-3-7-16-8-10-17(11-9-16)13-5-2-1-4-12(13)15/h1-2,4-5H,3,6-11,14-15H2. The van der Waals surface area contributed by atoms with Gasteiger partial charge >= 0.3 is 0 Å². The fourth-order valence-electron chi connectivity index (χ4n) is 2.30. The van der Waals surface area contributed by atoms with Gasteiger partial charge in [0.25, 0.3) is 0 Å². The third-order valence-corrected chi connectivity index (χ3v) is 3.33. The van der Waals surface area contributed by atoms with E-state index >= 15 is 0 Å². The van der Waals surface area contributed by atoms with Crippen molar-refractivity contribution < 1.29 is 0 Å². The Morgan fingerprint density at radius 3 is 2.41 bits per heavy atom. The molecular weight excluding hydrogens is 212 g/mol. The van der Waals surface area contributed by atoms with Gasteiger partial charge in [0, 0.05) is 26.2 Å². The summed E-state index contributed by atoms with van der Waals surface area (Å²) in [5.41, 5.74) is 13.6. The Hall–Kier alpha value is -1.26. The number of nitrogen functional groups attached to an aromatic ring is 1. The van der Waals surface area contributed by atoms with Gasteiger partial charge < -0.3 is 16.4 Å². The number of nitrogens with zero attached hydrogens (tertiary/aromatic N) is 2. The third-order valence-electron chi connectivity index (χ3n) is 3.33. The van der Waals surface area contributed by atoms with E-state index in [2.05, 4.69) is 15.9 Å². The van der Waals surface area contributed by atoms with E-state index in [0.717, 1.165) is 51.4 Å². The molecule has 4 N–H and O–H groups in total. The Labute approximate surface area is 103 Å². The highest BCUT2D eigenvalue weighted by Gasteiger charge is 2.17. The van der Waals surface area contributed by atoms with Crippen LogP contribution in [0.3, 0.4) is 0 Å². The zero-order valence-corrected chi connectivity index (χ0v) is 10.3. The second-order valence-corrected chi connectivity index (χ2v) is 4.53. The summed E-state index contributed by atoms with van der Waals surface area (Å²) >= 11 is 0. The maximum absolute atomic E-state index is 5.99. The highest BCUT2D eigenvalue weighted by Crippen LogP contribution is 2.23. The first-order chi connectivity index (χ1) is 8.31. The third kappa shape index (κ3) is 3.11. The van der Waals surface area contributed by atoms with Crippen molar-refractivity contribution in [2.75, 3.05) is 49.9 Å². The molecule has 1 fully saturated rings. The van der Waals surface area contributed by atoms with Crippen molar-refractivity contribution in [1.29, 1.82) is 0 Å². The lowest BCUT2D eigenvalue weighted by molar-refractivity contribution is 0.256. The Bertz CT molecular complexity index is 345. The summed E-state index contributed by atoms with van der Waals surface area (Å²) in [4.78, 5) is 4.84. The highest BCUT2D eigenvalue weighted by molar-refractivity contribution is 5.67. The zero-order chi connectivity index (χ0) is 12.1. The lowest BCUT2D eigenvalue weighted by Gasteiger charge is -2.36. The number of nitrogens with two attached hydrogens (primary N) is 2. The van der Waals surface area contributed by atoms with Crippen LogP contribution in [-0.4, -0.2) is 44.2 Å². The van der Waals surface area contributed by atoms with Crippen LogP contribution in [0.15, 0.2) is 24.3 Å². The van der Waals surface area contributed by atoms with Crippen molar-refractivity contribution in [2.45, 2.75) is 6.42 Å². The predicted octanol–water partition coefficient (Wildman–Crippen LogP) is 0.740. The van der Waals surface area contributed by atoms with Gasteiger partial charge in [-0.05, 0) is 31.6 Å². The van der Waals surface area contributed by atoms with Crippen LogP contribution in [0.5, 0.6) is 0 Å². The summed E-state index contributed by atoms with van der Waals surface area (Å²) in [5, 5.41) is 0. The lowest BCUT2D eigenvalue weighted by Crippen LogP contribution is -2.47. The average molecular weight is 234 g/mol. The summed E-state index contributed by atoms with van der Waals surface area (Å²) in [5.74, 6) is 0. The maximum atomic E-state index is 5.99. The summed E-state index contributed by atoms with van der Waals surface area (Å²) < 4.78 is 0. The molecule has 4 nitrogen and oxygen atoms in total. The van der Waals surface area contributed by atoms with Crippen molar-refractivity contribution >= 4 is 11.4 Å². The van der Waals surface area contributed by atoms with Crippen LogP contribution in [0.4, 0.5) is 11.4 Å². The molecule has 2 rings (SSSR count). The lowest BCUT2D eigenvalue weighted by atomic mass is 10.2. The summed E-state index contributed by atoms with van der Waals surface area (Å²) in [6, 6.07) is 8.10. The van der Waals surface area contributed by atoms with Crippen LogP contribution in [0.2, 0.25) is 0 Å². The highest BCUT2D eigenvalue weighted by atomic mass is 15.3. The van der Waals surface area contributed by atoms with Gasteiger partial charge in [-0.3, -0.25) is 4.90 Å². The van der Waals surface area contributed by atoms with Crippen LogP contribution < -0.4 is 16.4 Å². The number of para-hydroxylation sites is 2. The molecule has 1 aliphatic heterocycles. The Balaban J connectivity index is 1.89. The van der Waals surface area contributed by atoms with Gasteiger partial charge in [-0.25, -0.2) is 0 Å². The smallest absolute Gasteiger partial charge is 0.0600 e. The average Bonchev–Trinajstić information content (AvgIpc) is 2.38. The molecular formula is C13H22N4. The second-order valence-electron chi connectivity index (χ2n) is 4.53. The van der Waals surface area contributed by atoms with E-state index in [1.807, 2.05) is 18.2 Å². The molecule has 1 heterocycles. The van der Waals surface area contributed by atoms with Crippen LogP contribution in [0, 0.1) is 0 Å². The van der Waals surface area contributed by atoms with Crippen molar-refractivity contribution in [1.82, 2.24) is 4.90 Å². The molecule has 1 aromatic rings. The first-order valence-corrected chi connectivity index (χ1v) is 6.33. The molecule has 0 unspecified atom stereocenters. The molecule has 0 aromatic heterocycles. The van der Waals surface area contributed by atoms with Gasteiger partial charge in [-0.15, -0.1) is 0 Å². The van der Waals surface area contributed by atoms with Gasteiger partial charge in [0.1, 0.15) is 0 Å². The van der Waals surface area contributed by atoms with Crippen LogP contribution in [-0.2, 0) is 0 Å². The van der Waals surface area contributed by atoms with E-state index in [4.69, 9.17) is 11.5 Å². The molecule has 0 spiro atoms. The molecule has 1 aromatic carbocycles. The second kappa shape index (κ2) is 5.89. The molecule has 0 saturated carbocycles. The predicted molar refractivity (Wildman–Crippen MR) is 73.2 cm³/mol. The number of benzene rings is 1. The van der Waals surface area contributed by atoms with E-state index in [1.54, 1.807) is 0 Å². The van der Waals surface area contributed by atoms with Crippen molar-refractivity contribution in [3.8, 4) is 0 Å². The van der Waals surface area contributed by atoms with Crippen LogP contribution >= 0.6 is 0 Å². The van der Waals surface area contributed by atoms with Gasteiger partial charge in [0.15, 0.2) is 0 Å². The largest absolute Gasteiger partial charge is 0.397 e. The molecule has 94 valence electrons. The van der Waals surface area contributed by atoms with E-state index in [-0.39, 0.29) is 0 Å². The maximum Gasteiger partial charge on any atom is 0.0600 e. The zero-order valence-electron chi connectivity index (χ0n) is 10.3. The molecule has 0 bridgehead atoms. The summed E-state index contributed by atoms with van der Waals surface area (Å²) in [7, 11) is 0. The van der Waals surface area contributed by atoms with E-state index in [0.29, 0.717) is 0 Å². The fraction of sp³-hybridized carbons (Fsp3) is 0.538. The molecule has 0 aliphatic carbocycles. The van der Waals surface area contributed by atoms with E-state index in [9.17, 15) is 0 Å². The van der Waals surface area contributed by atoms with Gasteiger partial charge in [0.2, 0.25) is 0 Å². The van der Waals surface area contributed by atoms with Crippen molar-refractivity contribution in [2.24, 2.45) is 5.73 Å². The molecule has 0 amide bonds. The fourth-order valence-corrected chi connectivity index (χ4v) is 2.30.